The fourth-order valence-corrected chi connectivity index (χ4v) is 3.30. The average molecular weight is 444 g/mol. The quantitative estimate of drug-likeness (QED) is 0.192. The first-order valence-electron chi connectivity index (χ1n) is 10.6. The second kappa shape index (κ2) is 13.5. The van der Waals surface area contributed by atoms with E-state index in [9.17, 15) is 34.4 Å². The summed E-state index contributed by atoms with van der Waals surface area (Å²) >= 11 is 0. The van der Waals surface area contributed by atoms with Crippen LogP contribution in [0.15, 0.2) is 0 Å². The van der Waals surface area contributed by atoms with Gasteiger partial charge in [-0.15, -0.1) is 0 Å². The Balaban J connectivity index is 2.60. The van der Waals surface area contributed by atoms with Crippen LogP contribution in [0.25, 0.3) is 0 Å². The maximum Gasteiger partial charge on any atom is 0.426 e. The van der Waals surface area contributed by atoms with Gasteiger partial charge in [-0.3, -0.25) is 29.9 Å². The number of piperidine rings is 1. The van der Waals surface area contributed by atoms with Gasteiger partial charge in [0, 0.05) is 23.8 Å². The summed E-state index contributed by atoms with van der Waals surface area (Å²) in [4.78, 5) is 57.7. The van der Waals surface area contributed by atoms with Crippen molar-refractivity contribution >= 4 is 23.7 Å². The van der Waals surface area contributed by atoms with Crippen LogP contribution in [0, 0.1) is 22.0 Å². The molecule has 0 radical (unpaired) electrons. The van der Waals surface area contributed by atoms with Crippen molar-refractivity contribution < 1.29 is 29.2 Å². The van der Waals surface area contributed by atoms with Gasteiger partial charge in [0.15, 0.2) is 0 Å². The predicted octanol–water partition coefficient (Wildman–Crippen LogP) is 0.544. The van der Waals surface area contributed by atoms with Crippen LogP contribution < -0.4 is 16.1 Å². The molecule has 12 nitrogen and oxygen atoms in total. The van der Waals surface area contributed by atoms with Crippen LogP contribution in [0.1, 0.15) is 52.4 Å². The number of carboxylic acid groups (broad SMARTS) is 1. The summed E-state index contributed by atoms with van der Waals surface area (Å²) in [6, 6.07) is -0.870. The molecule has 0 aliphatic carbocycles. The highest BCUT2D eigenvalue weighted by Gasteiger charge is 2.28. The monoisotopic (exact) mass is 443 g/mol. The molecule has 1 heterocycles. The Bertz CT molecular complexity index is 650. The molecule has 1 saturated heterocycles. The molecular weight excluding hydrogens is 410 g/mol. The van der Waals surface area contributed by atoms with Gasteiger partial charge in [0.05, 0.1) is 0 Å². The summed E-state index contributed by atoms with van der Waals surface area (Å²) in [6.45, 7) is 4.42. The zero-order valence-corrected chi connectivity index (χ0v) is 18.1. The van der Waals surface area contributed by atoms with Gasteiger partial charge < -0.3 is 15.7 Å². The van der Waals surface area contributed by atoms with E-state index in [1.165, 1.54) is 0 Å². The Kier molecular flexibility index (Phi) is 11.5. The standard InChI is InChI=1S/C19H33N5O7/c1-13(2)11-16(21-17(26)14-6-8-20-9-7-14)18(27)22-23(19(28)29)10-4-3-5-15(25)12-24(30)31/h13-14,16,20H,3-12H2,1-2H3,(H,21,26)(H,22,27)(H,28,29)/t16-/m0/s1. The van der Waals surface area contributed by atoms with E-state index in [1.54, 1.807) is 0 Å². The molecule has 0 aromatic carbocycles. The summed E-state index contributed by atoms with van der Waals surface area (Å²) in [7, 11) is 0. The molecule has 1 fully saturated rings. The number of hydrogen-bond donors (Lipinski definition) is 4. The van der Waals surface area contributed by atoms with Crippen molar-refractivity contribution in [2.75, 3.05) is 26.2 Å². The Morgan fingerprint density at radius 1 is 1.19 bits per heavy atom. The smallest absolute Gasteiger partial charge is 0.426 e. The Hall–Kier alpha value is -2.76. The van der Waals surface area contributed by atoms with E-state index < -0.39 is 35.3 Å². The van der Waals surface area contributed by atoms with Gasteiger partial charge >= 0.3 is 6.09 Å². The van der Waals surface area contributed by atoms with Crippen LogP contribution in [0.4, 0.5) is 4.79 Å². The highest BCUT2D eigenvalue weighted by molar-refractivity contribution is 5.89. The molecule has 0 aromatic rings. The first-order valence-corrected chi connectivity index (χ1v) is 10.6. The van der Waals surface area contributed by atoms with E-state index in [2.05, 4.69) is 16.1 Å². The van der Waals surface area contributed by atoms with Crippen molar-refractivity contribution in [1.82, 2.24) is 21.1 Å². The lowest BCUT2D eigenvalue weighted by molar-refractivity contribution is -0.467. The normalized spacial score (nSPS) is 15.2. The first kappa shape index (κ1) is 26.3. The second-order valence-electron chi connectivity index (χ2n) is 8.11. The van der Waals surface area contributed by atoms with E-state index in [4.69, 9.17) is 0 Å². The molecule has 12 heteroatoms. The number of ketones is 1. The number of hydrogen-bond acceptors (Lipinski definition) is 7. The minimum absolute atomic E-state index is 0.0370. The van der Waals surface area contributed by atoms with Gasteiger partial charge in [-0.05, 0) is 51.1 Å². The number of amides is 3. The number of nitrogens with zero attached hydrogens (tertiary/aromatic N) is 2. The minimum atomic E-state index is -1.38. The minimum Gasteiger partial charge on any atom is -0.464 e. The molecule has 1 aliphatic heterocycles. The number of unbranched alkanes of at least 4 members (excludes halogenated alkanes) is 1. The number of carbonyl (C=O) groups is 4. The van der Waals surface area contributed by atoms with Gasteiger partial charge in [-0.25, -0.2) is 9.80 Å². The molecule has 0 saturated carbocycles. The Morgan fingerprint density at radius 3 is 2.39 bits per heavy atom. The van der Waals surface area contributed by atoms with E-state index >= 15 is 0 Å². The number of nitrogens with one attached hydrogen (secondary N) is 3. The lowest BCUT2D eigenvalue weighted by Crippen LogP contribution is -2.55. The van der Waals surface area contributed by atoms with Crippen LogP contribution in [-0.2, 0) is 14.4 Å². The number of nitro groups is 1. The van der Waals surface area contributed by atoms with E-state index in [-0.39, 0.29) is 43.6 Å². The number of rotatable bonds is 12. The lowest BCUT2D eigenvalue weighted by atomic mass is 9.96. The van der Waals surface area contributed by atoms with E-state index in [0.717, 1.165) is 13.1 Å². The topological polar surface area (TPSA) is 171 Å². The first-order chi connectivity index (χ1) is 14.6. The van der Waals surface area contributed by atoms with Crippen molar-refractivity contribution in [3.05, 3.63) is 10.1 Å². The molecule has 0 aromatic heterocycles. The summed E-state index contributed by atoms with van der Waals surface area (Å²) in [5, 5.41) is 26.3. The highest BCUT2D eigenvalue weighted by Crippen LogP contribution is 2.13. The average Bonchev–Trinajstić information content (AvgIpc) is 2.69. The van der Waals surface area contributed by atoms with Crippen LogP contribution in [-0.4, -0.2) is 71.0 Å². The predicted molar refractivity (Wildman–Crippen MR) is 111 cm³/mol. The second-order valence-corrected chi connectivity index (χ2v) is 8.11. The molecule has 1 rings (SSSR count). The summed E-state index contributed by atoms with van der Waals surface area (Å²) in [5.74, 6) is -1.46. The third-order valence-electron chi connectivity index (χ3n) is 4.92. The van der Waals surface area contributed by atoms with Gasteiger partial charge in [-0.2, -0.15) is 0 Å². The lowest BCUT2D eigenvalue weighted by Gasteiger charge is -2.28. The molecule has 0 bridgehead atoms. The summed E-state index contributed by atoms with van der Waals surface area (Å²) < 4.78 is 0. The molecule has 31 heavy (non-hydrogen) atoms. The fraction of sp³-hybridized carbons (Fsp3) is 0.789. The SMILES string of the molecule is CC(C)C[C@H](NC(=O)C1CCNCC1)C(=O)NN(CCCCC(=O)C[N+](=O)[O-])C(=O)O. The van der Waals surface area contributed by atoms with Crippen LogP contribution >= 0.6 is 0 Å². The highest BCUT2D eigenvalue weighted by atomic mass is 16.6. The van der Waals surface area contributed by atoms with Crippen molar-refractivity contribution in [2.24, 2.45) is 11.8 Å². The maximum atomic E-state index is 12.7. The fourth-order valence-electron chi connectivity index (χ4n) is 3.30. The molecule has 176 valence electrons. The molecule has 4 N–H and O–H groups in total. The van der Waals surface area contributed by atoms with Crippen molar-refractivity contribution in [3.8, 4) is 0 Å². The largest absolute Gasteiger partial charge is 0.464 e. The Labute approximate surface area is 181 Å². The van der Waals surface area contributed by atoms with Gasteiger partial charge in [0.2, 0.25) is 11.7 Å². The van der Waals surface area contributed by atoms with Crippen LogP contribution in [0.3, 0.4) is 0 Å². The molecule has 0 spiro atoms. The molecule has 1 atom stereocenters. The van der Waals surface area contributed by atoms with Gasteiger partial charge in [-0.1, -0.05) is 13.8 Å². The molecule has 0 unspecified atom stereocenters. The zero-order valence-electron chi connectivity index (χ0n) is 18.1. The zero-order chi connectivity index (χ0) is 23.4. The number of carbonyl (C=O) groups excluding carboxylic acids is 3. The van der Waals surface area contributed by atoms with E-state index in [1.807, 2.05) is 13.8 Å². The van der Waals surface area contributed by atoms with Crippen LogP contribution in [0.2, 0.25) is 0 Å². The number of hydrazine groups is 1. The Morgan fingerprint density at radius 2 is 1.84 bits per heavy atom. The van der Waals surface area contributed by atoms with Crippen molar-refractivity contribution in [3.63, 3.8) is 0 Å². The maximum absolute atomic E-state index is 12.7. The van der Waals surface area contributed by atoms with Gasteiger partial charge in [0.25, 0.3) is 12.5 Å². The molecular formula is C19H33N5O7. The summed E-state index contributed by atoms with van der Waals surface area (Å²) in [6.07, 6.45) is 0.797. The van der Waals surface area contributed by atoms with Crippen LogP contribution in [0.5, 0.6) is 0 Å². The summed E-state index contributed by atoms with van der Waals surface area (Å²) in [5.41, 5.74) is 2.33. The van der Waals surface area contributed by atoms with Gasteiger partial charge in [0.1, 0.15) is 6.04 Å². The third-order valence-corrected chi connectivity index (χ3v) is 4.92. The number of Topliss-reactive ketones (excluding diaryl/α,β-unsaturated/α-hetero) is 1. The van der Waals surface area contributed by atoms with Crippen molar-refractivity contribution in [1.29, 1.82) is 0 Å². The van der Waals surface area contributed by atoms with Crippen molar-refractivity contribution in [2.45, 2.75) is 58.4 Å². The third kappa shape index (κ3) is 10.7. The molecule has 3 amide bonds. The molecule has 1 aliphatic rings. The van der Waals surface area contributed by atoms with E-state index in [0.29, 0.717) is 24.3 Å².